The van der Waals surface area contributed by atoms with Crippen LogP contribution >= 0.6 is 0 Å². The Morgan fingerprint density at radius 1 is 1.00 bits per heavy atom. The number of amides is 1. The summed E-state index contributed by atoms with van der Waals surface area (Å²) in [6.45, 7) is 4.10. The van der Waals surface area contributed by atoms with E-state index in [2.05, 4.69) is 19.9 Å². The Morgan fingerprint density at radius 2 is 1.69 bits per heavy atom. The topological polar surface area (TPSA) is 79.6 Å². The molecule has 1 heterocycles. The van der Waals surface area contributed by atoms with Crippen molar-refractivity contribution in [3.63, 3.8) is 0 Å². The summed E-state index contributed by atoms with van der Waals surface area (Å²) in [4.78, 5) is 28.5. The molecule has 0 radical (unpaired) electrons. The van der Waals surface area contributed by atoms with Gasteiger partial charge in [-0.05, 0) is 53.8 Å². The van der Waals surface area contributed by atoms with Crippen LogP contribution in [0.15, 0.2) is 53.7 Å². The van der Waals surface area contributed by atoms with Crippen LogP contribution in [-0.2, 0) is 9.59 Å². The lowest BCUT2D eigenvalue weighted by Gasteiger charge is -2.43. The Labute approximate surface area is 188 Å². The maximum Gasteiger partial charge on any atom is 0.232 e. The van der Waals surface area contributed by atoms with Crippen LogP contribution in [0, 0.1) is 16.7 Å². The zero-order valence-electron chi connectivity index (χ0n) is 18.8. The predicted molar refractivity (Wildman–Crippen MR) is 121 cm³/mol. The molecule has 6 nitrogen and oxygen atoms in total. The van der Waals surface area contributed by atoms with Crippen LogP contribution < -0.4 is 14.4 Å². The summed E-state index contributed by atoms with van der Waals surface area (Å²) in [6.07, 6.45) is 1.23. The number of Topliss-reactive ketones (excluding diaryl/α,β-unsaturated/α-hetero) is 1. The quantitative estimate of drug-likeness (QED) is 0.700. The van der Waals surface area contributed by atoms with Gasteiger partial charge in [0.15, 0.2) is 17.3 Å². The van der Waals surface area contributed by atoms with Crippen molar-refractivity contribution in [1.82, 2.24) is 0 Å². The molecule has 0 N–H and O–H groups in total. The molecular formula is C26H26N2O4. The molecule has 2 aromatic carbocycles. The summed E-state index contributed by atoms with van der Waals surface area (Å²) in [5, 5.41) is 9.12. The zero-order valence-corrected chi connectivity index (χ0v) is 18.8. The lowest BCUT2D eigenvalue weighted by Crippen LogP contribution is -2.43. The highest BCUT2D eigenvalue weighted by Crippen LogP contribution is 2.48. The smallest absolute Gasteiger partial charge is 0.232 e. The van der Waals surface area contributed by atoms with Crippen molar-refractivity contribution in [2.75, 3.05) is 19.1 Å². The van der Waals surface area contributed by atoms with Gasteiger partial charge in [-0.15, -0.1) is 0 Å². The van der Waals surface area contributed by atoms with Crippen LogP contribution in [0.1, 0.15) is 50.2 Å². The van der Waals surface area contributed by atoms with Crippen molar-refractivity contribution >= 4 is 17.4 Å². The van der Waals surface area contributed by atoms with E-state index < -0.39 is 0 Å². The molecule has 32 heavy (non-hydrogen) atoms. The first-order valence-electron chi connectivity index (χ1n) is 10.6. The monoisotopic (exact) mass is 430 g/mol. The number of nitrogens with zero attached hydrogens (tertiary/aromatic N) is 2. The minimum Gasteiger partial charge on any atom is -0.493 e. The average Bonchev–Trinajstić information content (AvgIpc) is 2.77. The highest BCUT2D eigenvalue weighted by Gasteiger charge is 2.44. The van der Waals surface area contributed by atoms with E-state index in [1.54, 1.807) is 43.4 Å². The molecule has 4 rings (SSSR count). The molecule has 1 unspecified atom stereocenters. The summed E-state index contributed by atoms with van der Waals surface area (Å²) in [5.41, 5.74) is 3.26. The molecule has 164 valence electrons. The van der Waals surface area contributed by atoms with E-state index in [4.69, 9.17) is 14.7 Å². The van der Waals surface area contributed by atoms with Gasteiger partial charge in [0.2, 0.25) is 5.91 Å². The van der Waals surface area contributed by atoms with Crippen molar-refractivity contribution in [3.8, 4) is 17.6 Å². The standard InChI is InChI=1S/C26H26N2O4/c1-26(2)13-20-25(21(29)14-26)19(17-7-10-22(31-3)23(11-17)32-4)12-24(30)28(20)18-8-5-16(15-27)6-9-18/h5-11,19H,12-14H2,1-4H3. The Morgan fingerprint density at radius 3 is 2.31 bits per heavy atom. The number of carbonyl (C=O) groups excluding carboxylic acids is 2. The van der Waals surface area contributed by atoms with Crippen LogP contribution in [0.5, 0.6) is 11.5 Å². The number of hydrogen-bond acceptors (Lipinski definition) is 5. The molecule has 0 saturated carbocycles. The Hall–Kier alpha value is -3.59. The molecule has 0 fully saturated rings. The molecule has 1 amide bonds. The van der Waals surface area contributed by atoms with Crippen LogP contribution in [0.3, 0.4) is 0 Å². The molecule has 1 aliphatic carbocycles. The minimum atomic E-state index is -0.337. The second-order valence-corrected chi connectivity index (χ2v) is 9.06. The van der Waals surface area contributed by atoms with Crippen molar-refractivity contribution in [2.45, 2.75) is 39.0 Å². The van der Waals surface area contributed by atoms with Gasteiger partial charge >= 0.3 is 0 Å². The molecular weight excluding hydrogens is 404 g/mol. The number of allylic oxidation sites excluding steroid dienone is 2. The molecule has 0 bridgehead atoms. The largest absolute Gasteiger partial charge is 0.493 e. The molecule has 0 spiro atoms. The van der Waals surface area contributed by atoms with Crippen molar-refractivity contribution in [1.29, 1.82) is 5.26 Å². The van der Waals surface area contributed by atoms with Gasteiger partial charge in [-0.25, -0.2) is 0 Å². The third kappa shape index (κ3) is 3.75. The van der Waals surface area contributed by atoms with Gasteiger partial charge in [0.1, 0.15) is 0 Å². The van der Waals surface area contributed by atoms with Crippen LogP contribution in [-0.4, -0.2) is 25.9 Å². The first-order valence-corrected chi connectivity index (χ1v) is 10.6. The van der Waals surface area contributed by atoms with Crippen LogP contribution in [0.2, 0.25) is 0 Å². The Kier molecular flexibility index (Phi) is 5.52. The zero-order chi connectivity index (χ0) is 23.0. The second kappa shape index (κ2) is 8.16. The number of ketones is 1. The summed E-state index contributed by atoms with van der Waals surface area (Å²) in [6, 6.07) is 14.6. The van der Waals surface area contributed by atoms with E-state index in [0.29, 0.717) is 41.2 Å². The summed E-state index contributed by atoms with van der Waals surface area (Å²) in [7, 11) is 3.14. The molecule has 6 heteroatoms. The fourth-order valence-electron chi connectivity index (χ4n) is 4.75. The lowest BCUT2D eigenvalue weighted by atomic mass is 9.69. The molecule has 1 atom stereocenters. The fourth-order valence-corrected chi connectivity index (χ4v) is 4.75. The number of methoxy groups -OCH3 is 2. The van der Waals surface area contributed by atoms with Gasteiger partial charge in [-0.1, -0.05) is 19.9 Å². The summed E-state index contributed by atoms with van der Waals surface area (Å²) in [5.74, 6) is 0.831. The summed E-state index contributed by atoms with van der Waals surface area (Å²) >= 11 is 0. The first kappa shape index (κ1) is 21.6. The first-order chi connectivity index (χ1) is 15.3. The van der Waals surface area contributed by atoms with Gasteiger partial charge in [0, 0.05) is 35.7 Å². The molecule has 0 aromatic heterocycles. The average molecular weight is 431 g/mol. The second-order valence-electron chi connectivity index (χ2n) is 9.06. The molecule has 2 aliphatic rings. The van der Waals surface area contributed by atoms with Gasteiger partial charge in [0.05, 0.1) is 25.9 Å². The maximum absolute atomic E-state index is 13.4. The molecule has 0 saturated heterocycles. The Bertz CT molecular complexity index is 1160. The van der Waals surface area contributed by atoms with Crippen molar-refractivity contribution < 1.29 is 19.1 Å². The summed E-state index contributed by atoms with van der Waals surface area (Å²) < 4.78 is 10.8. The highest BCUT2D eigenvalue weighted by molar-refractivity contribution is 6.07. The molecule has 2 aromatic rings. The third-order valence-electron chi connectivity index (χ3n) is 6.21. The number of rotatable bonds is 4. The van der Waals surface area contributed by atoms with Crippen molar-refractivity contribution in [3.05, 3.63) is 64.9 Å². The SMILES string of the molecule is COc1ccc(C2CC(=O)N(c3ccc(C#N)cc3)C3=C2C(=O)CC(C)(C)C3)cc1OC. The van der Waals surface area contributed by atoms with Gasteiger partial charge in [-0.3, -0.25) is 14.5 Å². The van der Waals surface area contributed by atoms with E-state index in [1.165, 1.54) is 0 Å². The number of ether oxygens (including phenoxy) is 2. The number of anilines is 1. The van der Waals surface area contributed by atoms with Gasteiger partial charge in [-0.2, -0.15) is 5.26 Å². The minimum absolute atomic E-state index is 0.0706. The van der Waals surface area contributed by atoms with Crippen LogP contribution in [0.4, 0.5) is 5.69 Å². The van der Waals surface area contributed by atoms with Crippen LogP contribution in [0.25, 0.3) is 0 Å². The number of hydrogen-bond donors (Lipinski definition) is 0. The molecule has 1 aliphatic heterocycles. The van der Waals surface area contributed by atoms with Gasteiger partial charge in [0.25, 0.3) is 0 Å². The Balaban J connectivity index is 1.87. The normalized spacial score (nSPS) is 20.0. The van der Waals surface area contributed by atoms with Crippen molar-refractivity contribution in [2.24, 2.45) is 5.41 Å². The van der Waals surface area contributed by atoms with E-state index in [9.17, 15) is 9.59 Å². The number of benzene rings is 2. The lowest BCUT2D eigenvalue weighted by molar-refractivity contribution is -0.121. The predicted octanol–water partition coefficient (Wildman–Crippen LogP) is 4.74. The van der Waals surface area contributed by atoms with E-state index in [1.807, 2.05) is 18.2 Å². The van der Waals surface area contributed by atoms with Gasteiger partial charge < -0.3 is 9.47 Å². The number of nitriles is 1. The van der Waals surface area contributed by atoms with E-state index >= 15 is 0 Å². The maximum atomic E-state index is 13.4. The fraction of sp³-hybridized carbons (Fsp3) is 0.346. The third-order valence-corrected chi connectivity index (χ3v) is 6.21. The van der Waals surface area contributed by atoms with E-state index in [-0.39, 0.29) is 29.4 Å². The highest BCUT2D eigenvalue weighted by atomic mass is 16.5. The number of carbonyl (C=O) groups is 2. The van der Waals surface area contributed by atoms with E-state index in [0.717, 1.165) is 11.3 Å².